The summed E-state index contributed by atoms with van der Waals surface area (Å²) in [6, 6.07) is 1.98. The number of rotatable bonds is 9. The SMILES string of the molecule is O=C(Cl)c1ccc(C(=O)OC(F)(F)C(F)C(F)(F)C(F)(F)C(F)(F)C(F)(F)C(F)(F)C(F)(F)F)cc1. The van der Waals surface area contributed by atoms with Gasteiger partial charge in [-0.2, -0.15) is 65.9 Å². The van der Waals surface area contributed by atoms with Gasteiger partial charge in [-0.3, -0.25) is 4.79 Å². The lowest BCUT2D eigenvalue weighted by atomic mass is 9.91. The molecule has 1 rings (SSSR count). The molecule has 36 heavy (non-hydrogen) atoms. The number of hydrogen-bond donors (Lipinski definition) is 0. The predicted molar refractivity (Wildman–Crippen MR) is 82.7 cm³/mol. The van der Waals surface area contributed by atoms with Crippen LogP contribution in [0.2, 0.25) is 0 Å². The van der Waals surface area contributed by atoms with Crippen molar-refractivity contribution in [2.24, 2.45) is 0 Å². The quantitative estimate of drug-likeness (QED) is 0.180. The third-order valence-electron chi connectivity index (χ3n) is 4.15. The lowest BCUT2D eigenvalue weighted by Gasteiger charge is -2.40. The van der Waals surface area contributed by atoms with E-state index in [9.17, 15) is 79.8 Å². The molecule has 0 saturated carbocycles. The van der Waals surface area contributed by atoms with Crippen molar-refractivity contribution in [3.63, 3.8) is 0 Å². The highest BCUT2D eigenvalue weighted by atomic mass is 35.5. The van der Waals surface area contributed by atoms with E-state index in [2.05, 4.69) is 4.74 Å². The molecule has 0 saturated heterocycles. The van der Waals surface area contributed by atoms with E-state index in [0.29, 0.717) is 24.3 Å². The Bertz CT molecular complexity index is 986. The van der Waals surface area contributed by atoms with Crippen LogP contribution in [0.4, 0.5) is 70.2 Å². The molecule has 20 heteroatoms. The third-order valence-corrected chi connectivity index (χ3v) is 4.37. The molecule has 1 atom stereocenters. The topological polar surface area (TPSA) is 43.4 Å². The molecule has 0 aliphatic rings. The maximum Gasteiger partial charge on any atom is 0.460 e. The highest BCUT2D eigenvalue weighted by molar-refractivity contribution is 6.67. The monoisotopic (exact) mass is 584 g/mol. The van der Waals surface area contributed by atoms with Crippen molar-refractivity contribution in [1.29, 1.82) is 0 Å². The molecule has 0 aromatic heterocycles. The number of benzene rings is 1. The second-order valence-corrected chi connectivity index (χ2v) is 6.93. The van der Waals surface area contributed by atoms with Gasteiger partial charge in [-0.1, -0.05) is 0 Å². The van der Waals surface area contributed by atoms with E-state index in [-0.39, 0.29) is 0 Å². The highest BCUT2D eigenvalue weighted by Crippen LogP contribution is 2.61. The molecule has 0 aliphatic heterocycles. The largest absolute Gasteiger partial charge is 0.460 e. The first kappa shape index (κ1) is 31.6. The zero-order valence-corrected chi connectivity index (χ0v) is 16.8. The van der Waals surface area contributed by atoms with Gasteiger partial charge in [-0.15, -0.1) is 0 Å². The zero-order chi connectivity index (χ0) is 28.9. The fourth-order valence-corrected chi connectivity index (χ4v) is 2.25. The minimum Gasteiger partial charge on any atom is -0.395 e. The Hall–Kier alpha value is -2.47. The van der Waals surface area contributed by atoms with Crippen LogP contribution in [0.25, 0.3) is 0 Å². The van der Waals surface area contributed by atoms with Crippen molar-refractivity contribution in [3.8, 4) is 0 Å². The van der Waals surface area contributed by atoms with Crippen LogP contribution in [0.3, 0.4) is 0 Å². The fraction of sp³-hybridized carbons (Fsp3) is 0.500. The Morgan fingerprint density at radius 1 is 0.639 bits per heavy atom. The standard InChI is InChI=1S/C16H5ClF16O3/c17-7(34)5-1-3-6(4-2-5)8(35)36-11(21,22)9(18)10(19,20)12(23,24)13(25,26)14(27,28)15(29,30)16(31,32)33/h1-4,9H. The number of alkyl halides is 16. The van der Waals surface area contributed by atoms with Crippen molar-refractivity contribution in [3.05, 3.63) is 35.4 Å². The summed E-state index contributed by atoms with van der Waals surface area (Å²) in [5.41, 5.74) is -1.59. The van der Waals surface area contributed by atoms with Crippen molar-refractivity contribution >= 4 is 22.8 Å². The summed E-state index contributed by atoms with van der Waals surface area (Å²) in [4.78, 5) is 22.3. The van der Waals surface area contributed by atoms with Gasteiger partial charge in [0.15, 0.2) is 0 Å². The van der Waals surface area contributed by atoms with Crippen molar-refractivity contribution < 1.29 is 84.6 Å². The number of carbonyl (C=O) groups is 2. The van der Waals surface area contributed by atoms with Crippen LogP contribution in [0.15, 0.2) is 24.3 Å². The second-order valence-electron chi connectivity index (χ2n) is 6.58. The maximum atomic E-state index is 13.6. The number of esters is 1. The van der Waals surface area contributed by atoms with Crippen LogP contribution < -0.4 is 0 Å². The van der Waals surface area contributed by atoms with Gasteiger partial charge < -0.3 is 4.74 Å². The molecule has 0 aliphatic carbocycles. The summed E-state index contributed by atoms with van der Waals surface area (Å²) >= 11 is 4.99. The smallest absolute Gasteiger partial charge is 0.395 e. The summed E-state index contributed by atoms with van der Waals surface area (Å²) in [5.74, 6) is -44.0. The van der Waals surface area contributed by atoms with Gasteiger partial charge in [0.25, 0.3) is 11.4 Å². The first-order chi connectivity index (χ1) is 15.7. The molecule has 206 valence electrons. The molecule has 3 nitrogen and oxygen atoms in total. The number of hydrogen-bond acceptors (Lipinski definition) is 3. The molecule has 0 bridgehead atoms. The van der Waals surface area contributed by atoms with Crippen LogP contribution in [-0.4, -0.2) is 59.3 Å². The lowest BCUT2D eigenvalue weighted by Crippen LogP contribution is -2.72. The van der Waals surface area contributed by atoms with E-state index < -0.39 is 70.4 Å². The van der Waals surface area contributed by atoms with Gasteiger partial charge in [0, 0.05) is 5.56 Å². The predicted octanol–water partition coefficient (Wildman–Crippen LogP) is 6.89. The minimum absolute atomic E-state index is 0.391. The second kappa shape index (κ2) is 9.13. The Morgan fingerprint density at radius 2 is 1.00 bits per heavy atom. The van der Waals surface area contributed by atoms with Gasteiger partial charge >= 0.3 is 47.9 Å². The Kier molecular flexibility index (Phi) is 8.00. The normalized spacial score (nSPS) is 15.5. The lowest BCUT2D eigenvalue weighted by molar-refractivity contribution is -0.449. The molecule has 0 amide bonds. The van der Waals surface area contributed by atoms with Gasteiger partial charge in [-0.05, 0) is 35.9 Å². The van der Waals surface area contributed by atoms with Crippen molar-refractivity contribution in [2.75, 3.05) is 0 Å². The molecular weight excluding hydrogens is 580 g/mol. The molecule has 0 radical (unpaired) electrons. The van der Waals surface area contributed by atoms with Crippen LogP contribution in [0.5, 0.6) is 0 Å². The molecule has 0 N–H and O–H groups in total. The van der Waals surface area contributed by atoms with Crippen LogP contribution in [-0.2, 0) is 4.74 Å². The van der Waals surface area contributed by atoms with Gasteiger partial charge in [0.05, 0.1) is 5.56 Å². The van der Waals surface area contributed by atoms with Crippen LogP contribution in [0.1, 0.15) is 20.7 Å². The van der Waals surface area contributed by atoms with Gasteiger partial charge in [0.1, 0.15) is 0 Å². The van der Waals surface area contributed by atoms with Crippen LogP contribution in [0, 0.1) is 0 Å². The first-order valence-corrected chi connectivity index (χ1v) is 8.59. The molecule has 0 fully saturated rings. The average Bonchev–Trinajstić information content (AvgIpc) is 2.71. The minimum atomic E-state index is -8.53. The summed E-state index contributed by atoms with van der Waals surface area (Å²) in [7, 11) is 0. The Balaban J connectivity index is 3.38. The summed E-state index contributed by atoms with van der Waals surface area (Å²) in [6.45, 7) is 0. The van der Waals surface area contributed by atoms with Crippen LogP contribution >= 0.6 is 11.6 Å². The van der Waals surface area contributed by atoms with Crippen molar-refractivity contribution in [2.45, 2.75) is 48.1 Å². The van der Waals surface area contributed by atoms with E-state index >= 15 is 0 Å². The third kappa shape index (κ3) is 4.89. The molecule has 1 unspecified atom stereocenters. The van der Waals surface area contributed by atoms with Crippen molar-refractivity contribution in [1.82, 2.24) is 0 Å². The first-order valence-electron chi connectivity index (χ1n) is 8.21. The molecular formula is C16H5ClF16O3. The number of carbonyl (C=O) groups excluding carboxylic acids is 2. The summed E-state index contributed by atoms with van der Waals surface area (Å²) in [6.07, 6.45) is -20.6. The zero-order valence-electron chi connectivity index (χ0n) is 16.0. The molecule has 0 heterocycles. The number of ether oxygens (including phenoxy) is 1. The van der Waals surface area contributed by atoms with E-state index in [1.54, 1.807) is 0 Å². The van der Waals surface area contributed by atoms with E-state index in [1.165, 1.54) is 0 Å². The van der Waals surface area contributed by atoms with Gasteiger partial charge in [0.2, 0.25) is 0 Å². The van der Waals surface area contributed by atoms with E-state index in [1.807, 2.05) is 0 Å². The highest BCUT2D eigenvalue weighted by Gasteiger charge is 2.92. The van der Waals surface area contributed by atoms with E-state index in [4.69, 9.17) is 11.6 Å². The van der Waals surface area contributed by atoms with Gasteiger partial charge in [-0.25, -0.2) is 9.18 Å². The number of halogens is 17. The molecule has 1 aromatic rings. The molecule has 0 spiro atoms. The fourth-order valence-electron chi connectivity index (χ4n) is 2.12. The Labute approximate surface area is 191 Å². The molecule has 1 aromatic carbocycles. The average molecular weight is 585 g/mol. The summed E-state index contributed by atoms with van der Waals surface area (Å²) in [5, 5.41) is -1.19. The summed E-state index contributed by atoms with van der Waals surface area (Å²) < 4.78 is 212. The Morgan fingerprint density at radius 3 is 1.36 bits per heavy atom. The van der Waals surface area contributed by atoms with E-state index in [0.717, 1.165) is 0 Å². The maximum absolute atomic E-state index is 13.6.